The van der Waals surface area contributed by atoms with Crippen LogP contribution in [0.3, 0.4) is 0 Å². The normalized spacial score (nSPS) is 17.0. The number of rotatable bonds is 1. The van der Waals surface area contributed by atoms with E-state index in [-0.39, 0.29) is 0 Å². The smallest absolute Gasteiger partial charge is 0.157 e. The zero-order valence-corrected chi connectivity index (χ0v) is 8.68. The van der Waals surface area contributed by atoms with E-state index in [2.05, 4.69) is 11.1 Å². The summed E-state index contributed by atoms with van der Waals surface area (Å²) in [4.78, 5) is 5.18. The second-order valence-corrected chi connectivity index (χ2v) is 4.37. The Labute approximate surface area is 89.6 Å². The quantitative estimate of drug-likeness (QED) is 0.501. The molecular formula is C13H13NO. The van der Waals surface area contributed by atoms with Crippen LogP contribution in [0.15, 0.2) is 6.07 Å². The summed E-state index contributed by atoms with van der Waals surface area (Å²) in [6.07, 6.45) is 6.94. The monoisotopic (exact) mass is 199 g/mol. The summed E-state index contributed by atoms with van der Waals surface area (Å²) in [7, 11) is 0. The van der Waals surface area contributed by atoms with Gasteiger partial charge in [-0.1, -0.05) is 6.07 Å². The first-order valence-electron chi connectivity index (χ1n) is 5.60. The number of hydrogen-bond acceptors (Lipinski definition) is 1. The highest BCUT2D eigenvalue weighted by Gasteiger charge is 2.26. The molecule has 15 heavy (non-hydrogen) atoms. The highest BCUT2D eigenvalue weighted by atomic mass is 16.6. The average molecular weight is 199 g/mol. The first-order chi connectivity index (χ1) is 7.40. The highest BCUT2D eigenvalue weighted by Crippen LogP contribution is 2.40. The molecule has 0 saturated heterocycles. The van der Waals surface area contributed by atoms with Gasteiger partial charge in [0.2, 0.25) is 5.75 Å². The van der Waals surface area contributed by atoms with Gasteiger partial charge in [0.05, 0.1) is 0 Å². The number of aryl methyl sites for hydroxylation is 2. The van der Waals surface area contributed by atoms with Crippen LogP contribution in [0, 0.1) is 6.57 Å². The largest absolute Gasteiger partial charge is 0.226 e. The van der Waals surface area contributed by atoms with Crippen molar-refractivity contribution in [1.82, 2.24) is 0 Å². The standard InChI is InChI=1S/C13H13NO/c1-14-15-13-11-6-2-4-9(11)8-10-5-3-7-12(10)13/h8H,2-7H2. The Balaban J connectivity index is 2.21. The van der Waals surface area contributed by atoms with Crippen molar-refractivity contribution in [2.24, 2.45) is 0 Å². The molecule has 0 aromatic heterocycles. The molecule has 0 bridgehead atoms. The minimum Gasteiger partial charge on any atom is -0.157 e. The second kappa shape index (κ2) is 3.27. The van der Waals surface area contributed by atoms with Crippen molar-refractivity contribution in [3.05, 3.63) is 39.9 Å². The lowest BCUT2D eigenvalue weighted by molar-refractivity contribution is 0.461. The van der Waals surface area contributed by atoms with E-state index in [4.69, 9.17) is 11.4 Å². The zero-order chi connectivity index (χ0) is 10.3. The topological polar surface area (TPSA) is 13.6 Å². The van der Waals surface area contributed by atoms with E-state index >= 15 is 0 Å². The first kappa shape index (κ1) is 8.79. The van der Waals surface area contributed by atoms with Crippen LogP contribution in [0.25, 0.3) is 5.01 Å². The molecule has 0 saturated carbocycles. The summed E-state index contributed by atoms with van der Waals surface area (Å²) in [6, 6.07) is 2.35. The Morgan fingerprint density at radius 1 is 1.00 bits per heavy atom. The molecule has 0 N–H and O–H groups in total. The van der Waals surface area contributed by atoms with Gasteiger partial charge in [-0.15, -0.1) is 0 Å². The fraction of sp³-hybridized carbons (Fsp3) is 0.462. The number of nitrogens with zero attached hydrogens (tertiary/aromatic N) is 1. The molecule has 0 heterocycles. The molecular weight excluding hydrogens is 186 g/mol. The molecule has 0 unspecified atom stereocenters. The maximum Gasteiger partial charge on any atom is 0.226 e. The van der Waals surface area contributed by atoms with Gasteiger partial charge in [-0.05, 0) is 54.7 Å². The van der Waals surface area contributed by atoms with E-state index in [1.807, 2.05) is 0 Å². The molecule has 1 aromatic rings. The van der Waals surface area contributed by atoms with Crippen LogP contribution in [0.1, 0.15) is 35.1 Å². The lowest BCUT2D eigenvalue weighted by atomic mass is 10.0. The molecule has 0 amide bonds. The summed E-state index contributed by atoms with van der Waals surface area (Å²) in [5.41, 5.74) is 5.47. The van der Waals surface area contributed by atoms with E-state index in [1.54, 1.807) is 0 Å². The molecule has 2 aliphatic carbocycles. The van der Waals surface area contributed by atoms with Gasteiger partial charge in [-0.25, -0.2) is 0 Å². The molecule has 76 valence electrons. The second-order valence-electron chi connectivity index (χ2n) is 4.37. The van der Waals surface area contributed by atoms with Crippen LogP contribution in [0.4, 0.5) is 0 Å². The van der Waals surface area contributed by atoms with E-state index in [1.165, 1.54) is 35.1 Å². The Kier molecular flexibility index (Phi) is 1.92. The molecule has 2 nitrogen and oxygen atoms in total. The van der Waals surface area contributed by atoms with Gasteiger partial charge in [0.25, 0.3) is 0 Å². The number of benzene rings is 1. The third kappa shape index (κ3) is 1.23. The lowest BCUT2D eigenvalue weighted by Gasteiger charge is -2.08. The molecule has 0 aliphatic heterocycles. The summed E-state index contributed by atoms with van der Waals surface area (Å²) < 4.78 is 0. The Bertz CT molecular complexity index is 424. The van der Waals surface area contributed by atoms with Crippen molar-refractivity contribution in [3.8, 4) is 5.75 Å². The summed E-state index contributed by atoms with van der Waals surface area (Å²) in [5, 5.41) is 3.11. The fourth-order valence-corrected chi connectivity index (χ4v) is 2.92. The Hall–Kier alpha value is -1.49. The molecule has 0 fully saturated rings. The van der Waals surface area contributed by atoms with E-state index < -0.39 is 0 Å². The summed E-state index contributed by atoms with van der Waals surface area (Å²) in [5.74, 6) is 0.910. The van der Waals surface area contributed by atoms with Gasteiger partial charge < -0.3 is 0 Å². The number of fused-ring (bicyclic) bond motifs is 2. The predicted molar refractivity (Wildman–Crippen MR) is 57.7 cm³/mol. The van der Waals surface area contributed by atoms with Crippen LogP contribution in [0.5, 0.6) is 5.75 Å². The molecule has 0 atom stereocenters. The van der Waals surface area contributed by atoms with Crippen molar-refractivity contribution >= 4 is 0 Å². The Morgan fingerprint density at radius 3 is 2.13 bits per heavy atom. The molecule has 0 radical (unpaired) electrons. The lowest BCUT2D eigenvalue weighted by Crippen LogP contribution is -1.96. The minimum atomic E-state index is 0.910. The maximum atomic E-state index is 6.87. The van der Waals surface area contributed by atoms with Gasteiger partial charge in [-0.3, -0.25) is 0 Å². The van der Waals surface area contributed by atoms with Gasteiger partial charge in [-0.2, -0.15) is 11.4 Å². The van der Waals surface area contributed by atoms with Crippen LogP contribution >= 0.6 is 0 Å². The van der Waals surface area contributed by atoms with Crippen molar-refractivity contribution in [2.75, 3.05) is 0 Å². The third-order valence-electron chi connectivity index (χ3n) is 3.55. The SMILES string of the molecule is [C-]#[N+]Oc1c2c(cc3c1CCC3)CCC2. The van der Waals surface area contributed by atoms with E-state index in [0.717, 1.165) is 31.4 Å². The van der Waals surface area contributed by atoms with Crippen LogP contribution < -0.4 is 4.84 Å². The van der Waals surface area contributed by atoms with Gasteiger partial charge >= 0.3 is 0 Å². The van der Waals surface area contributed by atoms with Crippen molar-refractivity contribution in [3.63, 3.8) is 0 Å². The predicted octanol–water partition coefficient (Wildman–Crippen LogP) is 2.88. The molecule has 1 aromatic carbocycles. The van der Waals surface area contributed by atoms with E-state index in [9.17, 15) is 0 Å². The van der Waals surface area contributed by atoms with Crippen molar-refractivity contribution in [1.29, 1.82) is 0 Å². The summed E-state index contributed by atoms with van der Waals surface area (Å²) >= 11 is 0. The first-order valence-corrected chi connectivity index (χ1v) is 5.60. The molecule has 3 rings (SSSR count). The average Bonchev–Trinajstić information content (AvgIpc) is 2.84. The van der Waals surface area contributed by atoms with Crippen LogP contribution in [0.2, 0.25) is 0 Å². The molecule has 0 spiro atoms. The van der Waals surface area contributed by atoms with Gasteiger partial charge in [0.15, 0.2) is 0 Å². The third-order valence-corrected chi connectivity index (χ3v) is 3.55. The molecule has 2 aliphatic rings. The fourth-order valence-electron chi connectivity index (χ4n) is 2.92. The van der Waals surface area contributed by atoms with Crippen LogP contribution in [-0.4, -0.2) is 0 Å². The van der Waals surface area contributed by atoms with Crippen LogP contribution in [-0.2, 0) is 25.7 Å². The van der Waals surface area contributed by atoms with Gasteiger partial charge in [0.1, 0.15) is 0 Å². The van der Waals surface area contributed by atoms with Crippen molar-refractivity contribution < 1.29 is 4.84 Å². The highest BCUT2D eigenvalue weighted by molar-refractivity contribution is 5.54. The zero-order valence-electron chi connectivity index (χ0n) is 8.68. The van der Waals surface area contributed by atoms with E-state index in [0.29, 0.717) is 0 Å². The van der Waals surface area contributed by atoms with Crippen molar-refractivity contribution in [2.45, 2.75) is 38.5 Å². The maximum absolute atomic E-state index is 6.87. The minimum absolute atomic E-state index is 0.910. The summed E-state index contributed by atoms with van der Waals surface area (Å²) in [6.45, 7) is 6.87. The number of hydrogen-bond donors (Lipinski definition) is 0. The van der Waals surface area contributed by atoms with Gasteiger partial charge in [0, 0.05) is 11.1 Å². The Morgan fingerprint density at radius 2 is 1.60 bits per heavy atom. The molecule has 2 heteroatoms.